The molecule has 0 radical (unpaired) electrons. The number of benzene rings is 1. The third kappa shape index (κ3) is 3.36. The maximum Gasteiger partial charge on any atom is 0.212 e. The number of rotatable bonds is 6. The lowest BCUT2D eigenvalue weighted by Gasteiger charge is -2.13. The Labute approximate surface area is 150 Å². The molecule has 2 aromatic heterocycles. The van der Waals surface area contributed by atoms with Crippen molar-refractivity contribution in [3.05, 3.63) is 36.5 Å². The summed E-state index contributed by atoms with van der Waals surface area (Å²) in [5.41, 5.74) is 2.72. The molecule has 0 saturated carbocycles. The highest BCUT2D eigenvalue weighted by molar-refractivity contribution is 7.09. The summed E-state index contributed by atoms with van der Waals surface area (Å²) in [7, 11) is 6.37. The van der Waals surface area contributed by atoms with Crippen LogP contribution in [0, 0.1) is 0 Å². The molecule has 130 valence electrons. The second-order valence-corrected chi connectivity index (χ2v) is 5.88. The van der Waals surface area contributed by atoms with Gasteiger partial charge in [0.25, 0.3) is 0 Å². The van der Waals surface area contributed by atoms with Crippen molar-refractivity contribution >= 4 is 11.5 Å². The number of pyridine rings is 1. The maximum atomic E-state index is 5.41. The van der Waals surface area contributed by atoms with Gasteiger partial charge < -0.3 is 18.9 Å². The van der Waals surface area contributed by atoms with Crippen LogP contribution in [-0.2, 0) is 0 Å². The van der Waals surface area contributed by atoms with Gasteiger partial charge in [0.05, 0.1) is 39.0 Å². The second-order valence-electron chi connectivity index (χ2n) is 5.08. The summed E-state index contributed by atoms with van der Waals surface area (Å²) in [6, 6.07) is 9.57. The van der Waals surface area contributed by atoms with E-state index in [1.165, 1.54) is 11.5 Å². The Kier molecular flexibility index (Phi) is 5.04. The maximum absolute atomic E-state index is 5.41. The number of nitrogens with zero attached hydrogens (tertiary/aromatic N) is 2. The van der Waals surface area contributed by atoms with Crippen molar-refractivity contribution in [2.24, 2.45) is 0 Å². The van der Waals surface area contributed by atoms with Crippen LogP contribution in [0.25, 0.3) is 21.7 Å². The zero-order valence-electron chi connectivity index (χ0n) is 14.4. The van der Waals surface area contributed by atoms with E-state index in [1.54, 1.807) is 34.6 Å². The largest absolute Gasteiger partial charge is 0.493 e. The molecule has 3 aromatic rings. The van der Waals surface area contributed by atoms with E-state index in [4.69, 9.17) is 18.9 Å². The van der Waals surface area contributed by atoms with E-state index in [9.17, 15) is 0 Å². The van der Waals surface area contributed by atoms with Gasteiger partial charge in [-0.1, -0.05) is 0 Å². The summed E-state index contributed by atoms with van der Waals surface area (Å²) in [6.07, 6.45) is 1.74. The molecule has 2 heterocycles. The van der Waals surface area contributed by atoms with E-state index in [0.29, 0.717) is 23.1 Å². The molecule has 0 aliphatic carbocycles. The van der Waals surface area contributed by atoms with Gasteiger partial charge in [-0.3, -0.25) is 0 Å². The Balaban J connectivity index is 1.98. The molecule has 0 fully saturated rings. The summed E-state index contributed by atoms with van der Waals surface area (Å²) in [5.74, 6) is 2.36. The second kappa shape index (κ2) is 7.40. The van der Waals surface area contributed by atoms with E-state index in [1.807, 2.05) is 30.3 Å². The molecular formula is C18H18N2O4S. The van der Waals surface area contributed by atoms with Crippen LogP contribution in [0.1, 0.15) is 0 Å². The van der Waals surface area contributed by atoms with Crippen molar-refractivity contribution in [1.82, 2.24) is 9.36 Å². The lowest BCUT2D eigenvalue weighted by molar-refractivity contribution is 0.324. The van der Waals surface area contributed by atoms with Gasteiger partial charge in [-0.05, 0) is 35.8 Å². The topological polar surface area (TPSA) is 62.7 Å². The fourth-order valence-corrected chi connectivity index (χ4v) is 3.17. The van der Waals surface area contributed by atoms with E-state index in [-0.39, 0.29) is 0 Å². The van der Waals surface area contributed by atoms with Crippen LogP contribution in [0.5, 0.6) is 23.1 Å². The molecule has 0 spiro atoms. The highest BCUT2D eigenvalue weighted by atomic mass is 32.1. The molecule has 0 saturated heterocycles. The Bertz CT molecular complexity index is 837. The standard InChI is InChI=1S/C18H18N2O4S/c1-21-14-7-12(8-15(22-2)18(14)24-4)16-9-13(20-25-16)11-5-6-17(23-3)19-10-11/h5-10H,1-4H3. The molecule has 0 aliphatic rings. The molecule has 0 aliphatic heterocycles. The average molecular weight is 358 g/mol. The number of aromatic nitrogens is 2. The molecule has 0 N–H and O–H groups in total. The van der Waals surface area contributed by atoms with E-state index in [2.05, 4.69) is 9.36 Å². The van der Waals surface area contributed by atoms with Crippen LogP contribution in [0.15, 0.2) is 36.5 Å². The molecule has 0 bridgehead atoms. The molecule has 25 heavy (non-hydrogen) atoms. The first-order valence-electron chi connectivity index (χ1n) is 7.47. The van der Waals surface area contributed by atoms with Gasteiger partial charge in [-0.25, -0.2) is 4.98 Å². The van der Waals surface area contributed by atoms with E-state index in [0.717, 1.165) is 21.7 Å². The summed E-state index contributed by atoms with van der Waals surface area (Å²) in [6.45, 7) is 0. The van der Waals surface area contributed by atoms with Gasteiger partial charge in [0.1, 0.15) is 0 Å². The van der Waals surface area contributed by atoms with Gasteiger partial charge >= 0.3 is 0 Å². The molecule has 0 amide bonds. The lowest BCUT2D eigenvalue weighted by atomic mass is 10.1. The minimum atomic E-state index is 0.567. The predicted molar refractivity (Wildman–Crippen MR) is 97.0 cm³/mol. The first-order chi connectivity index (χ1) is 12.2. The zero-order chi connectivity index (χ0) is 17.8. The normalized spacial score (nSPS) is 10.4. The van der Waals surface area contributed by atoms with Crippen LogP contribution in [-0.4, -0.2) is 37.8 Å². The summed E-state index contributed by atoms with van der Waals surface area (Å²) in [4.78, 5) is 5.21. The van der Waals surface area contributed by atoms with Gasteiger partial charge in [0.15, 0.2) is 11.5 Å². The van der Waals surface area contributed by atoms with Crippen LogP contribution in [0.4, 0.5) is 0 Å². The monoisotopic (exact) mass is 358 g/mol. The van der Waals surface area contributed by atoms with Crippen molar-refractivity contribution in [2.45, 2.75) is 0 Å². The average Bonchev–Trinajstić information content (AvgIpc) is 3.17. The van der Waals surface area contributed by atoms with Crippen LogP contribution >= 0.6 is 11.5 Å². The molecule has 3 rings (SSSR count). The summed E-state index contributed by atoms with van der Waals surface area (Å²) in [5, 5.41) is 0. The number of methoxy groups -OCH3 is 4. The van der Waals surface area contributed by atoms with E-state index < -0.39 is 0 Å². The van der Waals surface area contributed by atoms with Crippen molar-refractivity contribution in [3.63, 3.8) is 0 Å². The molecule has 0 unspecified atom stereocenters. The smallest absolute Gasteiger partial charge is 0.212 e. The highest BCUT2D eigenvalue weighted by Gasteiger charge is 2.16. The molecule has 7 heteroatoms. The third-order valence-corrected chi connectivity index (χ3v) is 4.54. The Morgan fingerprint density at radius 3 is 2.04 bits per heavy atom. The van der Waals surface area contributed by atoms with Crippen molar-refractivity contribution < 1.29 is 18.9 Å². The van der Waals surface area contributed by atoms with Crippen molar-refractivity contribution in [2.75, 3.05) is 28.4 Å². The molecule has 0 atom stereocenters. The number of ether oxygens (including phenoxy) is 4. The van der Waals surface area contributed by atoms with Gasteiger partial charge in [0, 0.05) is 23.4 Å². The predicted octanol–water partition coefficient (Wildman–Crippen LogP) is 3.91. The van der Waals surface area contributed by atoms with Crippen molar-refractivity contribution in [3.8, 4) is 44.8 Å². The Hall–Kier alpha value is -2.80. The minimum absolute atomic E-state index is 0.567. The lowest BCUT2D eigenvalue weighted by Crippen LogP contribution is -1.95. The van der Waals surface area contributed by atoms with Gasteiger partial charge in [0.2, 0.25) is 11.6 Å². The number of hydrogen-bond acceptors (Lipinski definition) is 7. The molecule has 1 aromatic carbocycles. The van der Waals surface area contributed by atoms with Crippen LogP contribution in [0.2, 0.25) is 0 Å². The van der Waals surface area contributed by atoms with Crippen LogP contribution < -0.4 is 18.9 Å². The first kappa shape index (κ1) is 17.0. The minimum Gasteiger partial charge on any atom is -0.493 e. The molecular weight excluding hydrogens is 340 g/mol. The van der Waals surface area contributed by atoms with Gasteiger partial charge in [-0.2, -0.15) is 4.37 Å². The molecule has 6 nitrogen and oxygen atoms in total. The van der Waals surface area contributed by atoms with Gasteiger partial charge in [-0.15, -0.1) is 0 Å². The van der Waals surface area contributed by atoms with Crippen LogP contribution in [0.3, 0.4) is 0 Å². The fourth-order valence-electron chi connectivity index (χ4n) is 2.42. The van der Waals surface area contributed by atoms with Crippen molar-refractivity contribution in [1.29, 1.82) is 0 Å². The Morgan fingerprint density at radius 1 is 0.800 bits per heavy atom. The van der Waals surface area contributed by atoms with E-state index >= 15 is 0 Å². The first-order valence-corrected chi connectivity index (χ1v) is 8.25. The SMILES string of the molecule is COc1ccc(-c2cc(-c3cc(OC)c(OC)c(OC)c3)sn2)cn1. The Morgan fingerprint density at radius 2 is 1.52 bits per heavy atom. The fraction of sp³-hybridized carbons (Fsp3) is 0.222. The third-order valence-electron chi connectivity index (χ3n) is 3.70. The number of hydrogen-bond donors (Lipinski definition) is 0. The zero-order valence-corrected chi connectivity index (χ0v) is 15.2. The quantitative estimate of drug-likeness (QED) is 0.666. The summed E-state index contributed by atoms with van der Waals surface area (Å²) >= 11 is 1.40. The summed E-state index contributed by atoms with van der Waals surface area (Å²) < 4.78 is 25.8. The highest BCUT2D eigenvalue weighted by Crippen LogP contribution is 2.42.